The van der Waals surface area contributed by atoms with Crippen LogP contribution in [-0.4, -0.2) is 23.8 Å². The maximum absolute atomic E-state index is 10.7. The van der Waals surface area contributed by atoms with E-state index in [0.717, 1.165) is 11.6 Å². The number of allylic oxidation sites excluding steroid dienone is 1. The van der Waals surface area contributed by atoms with E-state index in [1.54, 1.807) is 6.92 Å². The lowest BCUT2D eigenvalue weighted by Crippen LogP contribution is -2.06. The van der Waals surface area contributed by atoms with E-state index in [2.05, 4.69) is 6.58 Å². The smallest absolute Gasteiger partial charge is 0.330 e. The third-order valence-electron chi connectivity index (χ3n) is 1.80. The van der Waals surface area contributed by atoms with Gasteiger partial charge in [0.15, 0.2) is 0 Å². The van der Waals surface area contributed by atoms with Crippen LogP contribution in [0.2, 0.25) is 0 Å². The molecule has 3 nitrogen and oxygen atoms in total. The first kappa shape index (κ1) is 12.9. The van der Waals surface area contributed by atoms with Gasteiger partial charge in [-0.1, -0.05) is 18.2 Å². The molecule has 1 atom stereocenters. The van der Waals surface area contributed by atoms with Crippen LogP contribution in [0.4, 0.5) is 0 Å². The SMILES string of the molecule is C=CC(=O)OCCC(=CC)CC(C)O. The van der Waals surface area contributed by atoms with Gasteiger partial charge in [0.1, 0.15) is 0 Å². The molecule has 0 spiro atoms. The van der Waals surface area contributed by atoms with Gasteiger partial charge in [-0.25, -0.2) is 4.79 Å². The number of hydrogen-bond acceptors (Lipinski definition) is 3. The van der Waals surface area contributed by atoms with Gasteiger partial charge in [-0.3, -0.25) is 0 Å². The molecule has 0 heterocycles. The Morgan fingerprint density at radius 3 is 2.71 bits per heavy atom. The quantitative estimate of drug-likeness (QED) is 0.402. The fraction of sp³-hybridized carbons (Fsp3) is 0.545. The average Bonchev–Trinajstić information content (AvgIpc) is 2.15. The number of carbonyl (C=O) groups is 1. The molecule has 0 saturated heterocycles. The second kappa shape index (κ2) is 7.33. The summed E-state index contributed by atoms with van der Waals surface area (Å²) in [5.41, 5.74) is 1.09. The second-order valence-corrected chi connectivity index (χ2v) is 3.12. The van der Waals surface area contributed by atoms with Crippen LogP contribution in [0.3, 0.4) is 0 Å². The van der Waals surface area contributed by atoms with Gasteiger partial charge in [-0.15, -0.1) is 0 Å². The zero-order chi connectivity index (χ0) is 11.0. The molecule has 0 fully saturated rings. The standard InChI is InChI=1S/C11H18O3/c1-4-10(8-9(3)12)6-7-14-11(13)5-2/h4-5,9,12H,2,6-8H2,1,3H3. The van der Waals surface area contributed by atoms with E-state index >= 15 is 0 Å². The number of aliphatic hydroxyl groups excluding tert-OH is 1. The lowest BCUT2D eigenvalue weighted by Gasteiger charge is -2.08. The molecule has 0 aromatic heterocycles. The molecule has 0 aliphatic carbocycles. The van der Waals surface area contributed by atoms with Crippen molar-refractivity contribution in [2.75, 3.05) is 6.61 Å². The molecule has 0 bridgehead atoms. The fourth-order valence-electron chi connectivity index (χ4n) is 1.09. The van der Waals surface area contributed by atoms with Crippen LogP contribution in [0.1, 0.15) is 26.7 Å². The predicted octanol–water partition coefficient (Wildman–Crippen LogP) is 1.82. The van der Waals surface area contributed by atoms with Crippen molar-refractivity contribution in [2.24, 2.45) is 0 Å². The lowest BCUT2D eigenvalue weighted by molar-refractivity contribution is -0.137. The summed E-state index contributed by atoms with van der Waals surface area (Å²) >= 11 is 0. The summed E-state index contributed by atoms with van der Waals surface area (Å²) in [6, 6.07) is 0. The largest absolute Gasteiger partial charge is 0.462 e. The van der Waals surface area contributed by atoms with Crippen LogP contribution in [0.25, 0.3) is 0 Å². The van der Waals surface area contributed by atoms with Gasteiger partial charge in [0.2, 0.25) is 0 Å². The molecule has 0 rings (SSSR count). The van der Waals surface area contributed by atoms with Gasteiger partial charge >= 0.3 is 5.97 Å². The molecule has 0 aromatic carbocycles. The van der Waals surface area contributed by atoms with Crippen LogP contribution >= 0.6 is 0 Å². The van der Waals surface area contributed by atoms with Gasteiger partial charge < -0.3 is 9.84 Å². The normalized spacial score (nSPS) is 13.5. The number of rotatable bonds is 6. The second-order valence-electron chi connectivity index (χ2n) is 3.12. The summed E-state index contributed by atoms with van der Waals surface area (Å²) in [6.45, 7) is 7.29. The van der Waals surface area contributed by atoms with E-state index in [4.69, 9.17) is 9.84 Å². The highest BCUT2D eigenvalue weighted by atomic mass is 16.5. The average molecular weight is 198 g/mol. The molecule has 0 aromatic rings. The van der Waals surface area contributed by atoms with E-state index < -0.39 is 5.97 Å². The molecule has 0 amide bonds. The van der Waals surface area contributed by atoms with Gasteiger partial charge in [0.25, 0.3) is 0 Å². The molecule has 1 N–H and O–H groups in total. The first-order valence-corrected chi connectivity index (χ1v) is 4.71. The molecule has 0 aliphatic rings. The summed E-state index contributed by atoms with van der Waals surface area (Å²) in [4.78, 5) is 10.7. The molecule has 80 valence electrons. The minimum absolute atomic E-state index is 0.344. The Kier molecular flexibility index (Phi) is 6.76. The van der Waals surface area contributed by atoms with Crippen LogP contribution in [0.5, 0.6) is 0 Å². The topological polar surface area (TPSA) is 46.5 Å². The van der Waals surface area contributed by atoms with Crippen molar-refractivity contribution >= 4 is 5.97 Å². The third kappa shape index (κ3) is 6.43. The first-order chi connectivity index (χ1) is 6.60. The highest BCUT2D eigenvalue weighted by molar-refractivity contribution is 5.81. The summed E-state index contributed by atoms with van der Waals surface area (Å²) in [5.74, 6) is -0.405. The summed E-state index contributed by atoms with van der Waals surface area (Å²) < 4.78 is 4.83. The van der Waals surface area contributed by atoms with Gasteiger partial charge in [-0.2, -0.15) is 0 Å². The zero-order valence-corrected chi connectivity index (χ0v) is 8.82. The Hall–Kier alpha value is -1.09. The van der Waals surface area contributed by atoms with E-state index in [1.165, 1.54) is 0 Å². The van der Waals surface area contributed by atoms with E-state index in [9.17, 15) is 4.79 Å². The van der Waals surface area contributed by atoms with Gasteiger partial charge in [0, 0.05) is 12.5 Å². The molecule has 14 heavy (non-hydrogen) atoms. The van der Waals surface area contributed by atoms with Crippen LogP contribution in [-0.2, 0) is 9.53 Å². The molecule has 0 radical (unpaired) electrons. The monoisotopic (exact) mass is 198 g/mol. The maximum atomic E-state index is 10.7. The molecule has 0 saturated carbocycles. The summed E-state index contributed by atoms with van der Waals surface area (Å²) in [6.07, 6.45) is 4.03. The Morgan fingerprint density at radius 1 is 1.64 bits per heavy atom. The van der Waals surface area contributed by atoms with E-state index in [-0.39, 0.29) is 6.10 Å². The number of esters is 1. The number of hydrogen-bond donors (Lipinski definition) is 1. The Labute approximate surface area is 85.1 Å². The molecule has 1 unspecified atom stereocenters. The van der Waals surface area contributed by atoms with Crippen molar-refractivity contribution in [2.45, 2.75) is 32.8 Å². The number of carbonyl (C=O) groups excluding carboxylic acids is 1. The molecular formula is C11H18O3. The highest BCUT2D eigenvalue weighted by Crippen LogP contribution is 2.09. The lowest BCUT2D eigenvalue weighted by atomic mass is 10.1. The van der Waals surface area contributed by atoms with Crippen molar-refractivity contribution in [3.05, 3.63) is 24.3 Å². The van der Waals surface area contributed by atoms with Crippen molar-refractivity contribution in [1.82, 2.24) is 0 Å². The fourth-order valence-corrected chi connectivity index (χ4v) is 1.09. The highest BCUT2D eigenvalue weighted by Gasteiger charge is 2.02. The van der Waals surface area contributed by atoms with Crippen molar-refractivity contribution in [3.63, 3.8) is 0 Å². The minimum Gasteiger partial charge on any atom is -0.462 e. The Morgan fingerprint density at radius 2 is 2.29 bits per heavy atom. The summed E-state index contributed by atoms with van der Waals surface area (Å²) in [5, 5.41) is 9.14. The zero-order valence-electron chi connectivity index (χ0n) is 8.82. The Bertz CT molecular complexity index is 217. The number of ether oxygens (including phenoxy) is 1. The first-order valence-electron chi connectivity index (χ1n) is 4.71. The number of aliphatic hydroxyl groups is 1. The summed E-state index contributed by atoms with van der Waals surface area (Å²) in [7, 11) is 0. The third-order valence-corrected chi connectivity index (χ3v) is 1.80. The van der Waals surface area contributed by atoms with Crippen LogP contribution in [0, 0.1) is 0 Å². The van der Waals surface area contributed by atoms with Crippen molar-refractivity contribution in [1.29, 1.82) is 0 Å². The molecular weight excluding hydrogens is 180 g/mol. The molecule has 0 aliphatic heterocycles. The van der Waals surface area contributed by atoms with Gasteiger partial charge in [-0.05, 0) is 20.3 Å². The van der Waals surface area contributed by atoms with E-state index in [0.29, 0.717) is 19.4 Å². The van der Waals surface area contributed by atoms with Gasteiger partial charge in [0.05, 0.1) is 12.7 Å². The van der Waals surface area contributed by atoms with Crippen LogP contribution < -0.4 is 0 Å². The Balaban J connectivity index is 3.74. The molecule has 3 heteroatoms. The van der Waals surface area contributed by atoms with Crippen molar-refractivity contribution in [3.8, 4) is 0 Å². The van der Waals surface area contributed by atoms with E-state index in [1.807, 2.05) is 13.0 Å². The maximum Gasteiger partial charge on any atom is 0.330 e. The van der Waals surface area contributed by atoms with Crippen LogP contribution in [0.15, 0.2) is 24.3 Å². The van der Waals surface area contributed by atoms with Crippen molar-refractivity contribution < 1.29 is 14.6 Å². The predicted molar refractivity (Wildman–Crippen MR) is 55.8 cm³/mol. The minimum atomic E-state index is -0.405.